The standard InChI is InChI=1S/C15H16O3/c1-3-4-5-6-7-12-8-14-15(18-10-17-14)9-13(12)11(2)16/h8-9H,3-5,10H2,1-2H3. The first-order valence-electron chi connectivity index (χ1n) is 6.16. The molecule has 0 amide bonds. The van der Waals surface area contributed by atoms with Gasteiger partial charge in [-0.1, -0.05) is 25.2 Å². The Morgan fingerprint density at radius 2 is 2.06 bits per heavy atom. The first-order chi connectivity index (χ1) is 8.72. The molecule has 0 aliphatic carbocycles. The van der Waals surface area contributed by atoms with E-state index < -0.39 is 0 Å². The van der Waals surface area contributed by atoms with Crippen molar-refractivity contribution in [2.24, 2.45) is 0 Å². The maximum Gasteiger partial charge on any atom is 0.231 e. The van der Waals surface area contributed by atoms with E-state index in [1.807, 2.05) is 0 Å². The molecule has 2 rings (SSSR count). The lowest BCUT2D eigenvalue weighted by molar-refractivity contribution is 0.101. The number of carbonyl (C=O) groups is 1. The number of hydrogen-bond acceptors (Lipinski definition) is 3. The minimum absolute atomic E-state index is 0.00640. The summed E-state index contributed by atoms with van der Waals surface area (Å²) < 4.78 is 10.6. The van der Waals surface area contributed by atoms with Gasteiger partial charge in [0.25, 0.3) is 0 Å². The van der Waals surface area contributed by atoms with Crippen molar-refractivity contribution in [2.45, 2.75) is 33.1 Å². The molecule has 0 saturated heterocycles. The number of ether oxygens (including phenoxy) is 2. The van der Waals surface area contributed by atoms with Gasteiger partial charge < -0.3 is 9.47 Å². The Morgan fingerprint density at radius 3 is 2.72 bits per heavy atom. The van der Waals surface area contributed by atoms with Gasteiger partial charge in [-0.3, -0.25) is 4.79 Å². The van der Waals surface area contributed by atoms with Gasteiger partial charge in [0.15, 0.2) is 17.3 Å². The van der Waals surface area contributed by atoms with Gasteiger partial charge >= 0.3 is 0 Å². The third-order valence-electron chi connectivity index (χ3n) is 2.77. The van der Waals surface area contributed by atoms with Crippen LogP contribution in [0, 0.1) is 11.8 Å². The Morgan fingerprint density at radius 1 is 1.33 bits per heavy atom. The van der Waals surface area contributed by atoms with Crippen molar-refractivity contribution in [3.8, 4) is 23.3 Å². The molecule has 1 aliphatic heterocycles. The van der Waals surface area contributed by atoms with Crippen molar-refractivity contribution in [1.82, 2.24) is 0 Å². The number of fused-ring (bicyclic) bond motifs is 1. The minimum atomic E-state index is -0.00640. The normalized spacial score (nSPS) is 11.9. The molecule has 1 aromatic carbocycles. The van der Waals surface area contributed by atoms with Gasteiger partial charge in [-0.15, -0.1) is 0 Å². The molecule has 0 spiro atoms. The van der Waals surface area contributed by atoms with Gasteiger partial charge in [-0.25, -0.2) is 0 Å². The summed E-state index contributed by atoms with van der Waals surface area (Å²) in [7, 11) is 0. The van der Waals surface area contributed by atoms with E-state index >= 15 is 0 Å². The Hall–Kier alpha value is -1.95. The van der Waals surface area contributed by atoms with E-state index in [-0.39, 0.29) is 12.6 Å². The molecule has 0 bridgehead atoms. The van der Waals surface area contributed by atoms with Crippen molar-refractivity contribution in [3.05, 3.63) is 23.3 Å². The van der Waals surface area contributed by atoms with Crippen LogP contribution in [-0.4, -0.2) is 12.6 Å². The van der Waals surface area contributed by atoms with Crippen LogP contribution < -0.4 is 9.47 Å². The van der Waals surface area contributed by atoms with Gasteiger partial charge in [-0.05, 0) is 19.4 Å². The Labute approximate surface area is 107 Å². The highest BCUT2D eigenvalue weighted by Crippen LogP contribution is 2.34. The first kappa shape index (κ1) is 12.5. The van der Waals surface area contributed by atoms with Gasteiger partial charge in [0.05, 0.1) is 0 Å². The van der Waals surface area contributed by atoms with E-state index in [4.69, 9.17) is 9.47 Å². The molecule has 0 aromatic heterocycles. The molecule has 0 fully saturated rings. The highest BCUT2D eigenvalue weighted by molar-refractivity contribution is 5.97. The van der Waals surface area contributed by atoms with E-state index in [0.29, 0.717) is 17.1 Å². The highest BCUT2D eigenvalue weighted by Gasteiger charge is 2.18. The number of Topliss-reactive ketones (excluding diaryl/α,β-unsaturated/α-hetero) is 1. The van der Waals surface area contributed by atoms with E-state index in [1.54, 1.807) is 12.1 Å². The molecule has 18 heavy (non-hydrogen) atoms. The highest BCUT2D eigenvalue weighted by atomic mass is 16.7. The largest absolute Gasteiger partial charge is 0.454 e. The summed E-state index contributed by atoms with van der Waals surface area (Å²) in [4.78, 5) is 11.6. The summed E-state index contributed by atoms with van der Waals surface area (Å²) in [5, 5.41) is 0. The van der Waals surface area contributed by atoms with Gasteiger partial charge in [0, 0.05) is 23.6 Å². The molecule has 94 valence electrons. The number of unbranched alkanes of at least 4 members (excludes halogenated alkanes) is 2. The summed E-state index contributed by atoms with van der Waals surface area (Å²) in [6.07, 6.45) is 3.05. The third kappa shape index (κ3) is 2.65. The quantitative estimate of drug-likeness (QED) is 0.465. The zero-order valence-corrected chi connectivity index (χ0v) is 10.7. The molecule has 0 radical (unpaired) electrons. The fourth-order valence-electron chi connectivity index (χ4n) is 1.76. The fraction of sp³-hybridized carbons (Fsp3) is 0.400. The van der Waals surface area contributed by atoms with Crippen molar-refractivity contribution < 1.29 is 14.3 Å². The minimum Gasteiger partial charge on any atom is -0.454 e. The van der Waals surface area contributed by atoms with E-state index in [9.17, 15) is 4.79 Å². The SMILES string of the molecule is CCCCC#Cc1cc2c(cc1C(C)=O)OCO2. The van der Waals surface area contributed by atoms with Crippen LogP contribution in [-0.2, 0) is 0 Å². The van der Waals surface area contributed by atoms with Crippen LogP contribution in [0.5, 0.6) is 11.5 Å². The molecular weight excluding hydrogens is 228 g/mol. The third-order valence-corrected chi connectivity index (χ3v) is 2.77. The predicted molar refractivity (Wildman–Crippen MR) is 69.0 cm³/mol. The zero-order chi connectivity index (χ0) is 13.0. The predicted octanol–water partition coefficient (Wildman–Crippen LogP) is 3.16. The van der Waals surface area contributed by atoms with Crippen molar-refractivity contribution in [3.63, 3.8) is 0 Å². The summed E-state index contributed by atoms with van der Waals surface area (Å²) in [5.41, 5.74) is 1.33. The van der Waals surface area contributed by atoms with Crippen LogP contribution in [0.15, 0.2) is 12.1 Å². The summed E-state index contributed by atoms with van der Waals surface area (Å²) in [6.45, 7) is 3.87. The molecule has 0 atom stereocenters. The van der Waals surface area contributed by atoms with Crippen LogP contribution in [0.25, 0.3) is 0 Å². The number of carbonyl (C=O) groups excluding carboxylic acids is 1. The molecule has 0 N–H and O–H groups in total. The molecule has 0 saturated carbocycles. The van der Waals surface area contributed by atoms with Crippen LogP contribution in [0.1, 0.15) is 49.0 Å². The lowest BCUT2D eigenvalue weighted by Crippen LogP contribution is -1.96. The smallest absolute Gasteiger partial charge is 0.231 e. The number of hydrogen-bond donors (Lipinski definition) is 0. The van der Waals surface area contributed by atoms with E-state index in [0.717, 1.165) is 24.8 Å². The van der Waals surface area contributed by atoms with Gasteiger partial charge in [0.2, 0.25) is 6.79 Å². The van der Waals surface area contributed by atoms with E-state index in [1.165, 1.54) is 6.92 Å². The van der Waals surface area contributed by atoms with Gasteiger partial charge in [-0.2, -0.15) is 0 Å². The molecule has 0 unspecified atom stereocenters. The van der Waals surface area contributed by atoms with Crippen LogP contribution in [0.3, 0.4) is 0 Å². The molecule has 3 nitrogen and oxygen atoms in total. The number of benzene rings is 1. The Balaban J connectivity index is 2.32. The second kappa shape index (κ2) is 5.59. The lowest BCUT2D eigenvalue weighted by Gasteiger charge is -2.03. The molecular formula is C15H16O3. The Kier molecular flexibility index (Phi) is 3.88. The first-order valence-corrected chi connectivity index (χ1v) is 6.16. The maximum absolute atomic E-state index is 11.6. The average molecular weight is 244 g/mol. The lowest BCUT2D eigenvalue weighted by atomic mass is 10.0. The van der Waals surface area contributed by atoms with Crippen molar-refractivity contribution >= 4 is 5.78 Å². The monoisotopic (exact) mass is 244 g/mol. The maximum atomic E-state index is 11.6. The summed E-state index contributed by atoms with van der Waals surface area (Å²) >= 11 is 0. The van der Waals surface area contributed by atoms with Crippen molar-refractivity contribution in [1.29, 1.82) is 0 Å². The zero-order valence-electron chi connectivity index (χ0n) is 10.7. The number of rotatable bonds is 3. The Bertz CT molecular complexity index is 521. The van der Waals surface area contributed by atoms with Crippen LogP contribution in [0.4, 0.5) is 0 Å². The second-order valence-corrected chi connectivity index (χ2v) is 4.21. The second-order valence-electron chi connectivity index (χ2n) is 4.21. The summed E-state index contributed by atoms with van der Waals surface area (Å²) in [5.74, 6) is 7.43. The van der Waals surface area contributed by atoms with Crippen molar-refractivity contribution in [2.75, 3.05) is 6.79 Å². The van der Waals surface area contributed by atoms with Gasteiger partial charge in [0.1, 0.15) is 0 Å². The van der Waals surface area contributed by atoms with E-state index in [2.05, 4.69) is 18.8 Å². The van der Waals surface area contributed by atoms with Crippen LogP contribution in [0.2, 0.25) is 0 Å². The molecule has 1 aliphatic rings. The molecule has 1 aromatic rings. The van der Waals surface area contributed by atoms with Crippen LogP contribution >= 0.6 is 0 Å². The molecule has 3 heteroatoms. The summed E-state index contributed by atoms with van der Waals surface area (Å²) in [6, 6.07) is 3.51. The number of ketones is 1. The topological polar surface area (TPSA) is 35.5 Å². The molecule has 1 heterocycles. The average Bonchev–Trinajstić information content (AvgIpc) is 2.80. The fourth-order valence-corrected chi connectivity index (χ4v) is 1.76.